The summed E-state index contributed by atoms with van der Waals surface area (Å²) in [5.41, 5.74) is 5.01. The van der Waals surface area contributed by atoms with Crippen molar-refractivity contribution < 1.29 is 9.53 Å². The molecule has 1 aromatic heterocycles. The summed E-state index contributed by atoms with van der Waals surface area (Å²) >= 11 is 0. The molecule has 1 unspecified atom stereocenters. The van der Waals surface area contributed by atoms with E-state index in [2.05, 4.69) is 57.7 Å². The average molecular weight is 453 g/mol. The van der Waals surface area contributed by atoms with Crippen molar-refractivity contribution in [2.75, 3.05) is 24.6 Å². The third-order valence-corrected chi connectivity index (χ3v) is 6.91. The molecule has 2 aliphatic rings. The molecule has 2 atom stereocenters. The van der Waals surface area contributed by atoms with E-state index in [-0.39, 0.29) is 5.91 Å². The number of rotatable bonds is 5. The van der Waals surface area contributed by atoms with Gasteiger partial charge < -0.3 is 15.0 Å². The van der Waals surface area contributed by atoms with Gasteiger partial charge in [0.2, 0.25) is 0 Å². The van der Waals surface area contributed by atoms with Crippen molar-refractivity contribution in [1.29, 1.82) is 5.26 Å². The van der Waals surface area contributed by atoms with Gasteiger partial charge in [-0.2, -0.15) is 5.26 Å². The van der Waals surface area contributed by atoms with Crippen molar-refractivity contribution >= 4 is 11.6 Å². The number of carbonyl (C=O) groups is 1. The third-order valence-electron chi connectivity index (χ3n) is 6.91. The van der Waals surface area contributed by atoms with Crippen LogP contribution >= 0.6 is 0 Å². The number of fused-ring (bicyclic) bond motifs is 1. The summed E-state index contributed by atoms with van der Waals surface area (Å²) in [6, 6.07) is 22.5. The number of anilines is 1. The summed E-state index contributed by atoms with van der Waals surface area (Å²) in [4.78, 5) is 19.8. The SMILES string of the molecule is C[C@@]1(C#N)COCc2ccc(C(=O)NCc3cc(C4CCN(c5ccccc5)C4)ccn3)cc21. The molecule has 0 bridgehead atoms. The van der Waals surface area contributed by atoms with Gasteiger partial charge in [0.25, 0.3) is 5.91 Å². The van der Waals surface area contributed by atoms with Gasteiger partial charge >= 0.3 is 0 Å². The number of aromatic nitrogens is 1. The predicted octanol–water partition coefficient (Wildman–Crippen LogP) is 4.32. The summed E-state index contributed by atoms with van der Waals surface area (Å²) in [6.07, 6.45) is 2.93. The summed E-state index contributed by atoms with van der Waals surface area (Å²) in [6.45, 7) is 5.03. The number of nitriles is 1. The number of benzene rings is 2. The van der Waals surface area contributed by atoms with Crippen LogP contribution in [0.2, 0.25) is 0 Å². The Morgan fingerprint density at radius 3 is 2.91 bits per heavy atom. The fourth-order valence-corrected chi connectivity index (χ4v) is 4.92. The number of para-hydroxylation sites is 1. The Kier molecular flexibility index (Phi) is 6.04. The lowest BCUT2D eigenvalue weighted by atomic mass is 9.79. The number of ether oxygens (including phenoxy) is 1. The van der Waals surface area contributed by atoms with E-state index in [1.165, 1.54) is 11.3 Å². The van der Waals surface area contributed by atoms with E-state index in [4.69, 9.17) is 4.74 Å². The minimum atomic E-state index is -0.741. The molecule has 2 aromatic carbocycles. The van der Waals surface area contributed by atoms with E-state index in [1.807, 2.05) is 31.3 Å². The minimum absolute atomic E-state index is 0.169. The fourth-order valence-electron chi connectivity index (χ4n) is 4.92. The maximum absolute atomic E-state index is 12.9. The second-order valence-electron chi connectivity index (χ2n) is 9.34. The maximum atomic E-state index is 12.9. The number of amides is 1. The average Bonchev–Trinajstić information content (AvgIpc) is 3.39. The van der Waals surface area contributed by atoms with Crippen molar-refractivity contribution in [2.24, 2.45) is 0 Å². The first kappa shape index (κ1) is 22.1. The quantitative estimate of drug-likeness (QED) is 0.624. The standard InChI is InChI=1S/C28H28N4O2/c1-28(18-29)19-34-17-23-8-7-21(14-26(23)28)27(33)31-15-24-13-20(9-11-30-24)22-10-12-32(16-22)25-5-3-2-4-6-25/h2-9,11,13-14,22H,10,12,15-17,19H2,1H3,(H,31,33)/t22?,28-/m1/s1. The first-order valence-electron chi connectivity index (χ1n) is 11.7. The monoisotopic (exact) mass is 452 g/mol. The Hall–Kier alpha value is -3.69. The van der Waals surface area contributed by atoms with Crippen molar-refractivity contribution in [3.8, 4) is 6.07 Å². The van der Waals surface area contributed by atoms with Crippen molar-refractivity contribution in [2.45, 2.75) is 37.8 Å². The van der Waals surface area contributed by atoms with Crippen LogP contribution in [0, 0.1) is 11.3 Å². The predicted molar refractivity (Wildman–Crippen MR) is 130 cm³/mol. The highest BCUT2D eigenvalue weighted by atomic mass is 16.5. The second kappa shape index (κ2) is 9.28. The molecule has 3 aromatic rings. The molecule has 3 heterocycles. The van der Waals surface area contributed by atoms with Crippen molar-refractivity contribution in [3.05, 3.63) is 94.8 Å². The van der Waals surface area contributed by atoms with Crippen LogP contribution in [-0.4, -0.2) is 30.6 Å². The molecule has 1 saturated heterocycles. The summed E-state index contributed by atoms with van der Waals surface area (Å²) in [7, 11) is 0. The van der Waals surface area contributed by atoms with Crippen LogP contribution in [0.4, 0.5) is 5.69 Å². The van der Waals surface area contributed by atoms with Crippen LogP contribution < -0.4 is 10.2 Å². The molecular formula is C28H28N4O2. The Morgan fingerprint density at radius 2 is 2.09 bits per heavy atom. The van der Waals surface area contributed by atoms with Crippen LogP contribution in [0.5, 0.6) is 0 Å². The first-order valence-corrected chi connectivity index (χ1v) is 11.7. The number of pyridine rings is 1. The van der Waals surface area contributed by atoms with Crippen molar-refractivity contribution in [3.63, 3.8) is 0 Å². The van der Waals surface area contributed by atoms with Gasteiger partial charge in [0.05, 0.1) is 31.5 Å². The van der Waals surface area contributed by atoms with Crippen LogP contribution in [-0.2, 0) is 23.3 Å². The highest BCUT2D eigenvalue weighted by molar-refractivity contribution is 5.94. The van der Waals surface area contributed by atoms with E-state index in [0.717, 1.165) is 36.3 Å². The molecule has 6 nitrogen and oxygen atoms in total. The molecule has 0 radical (unpaired) electrons. The Balaban J connectivity index is 1.24. The van der Waals surface area contributed by atoms with Gasteiger partial charge in [0.1, 0.15) is 5.41 Å². The zero-order valence-electron chi connectivity index (χ0n) is 19.3. The third kappa shape index (κ3) is 4.40. The fraction of sp³-hybridized carbons (Fsp3) is 0.321. The molecular weight excluding hydrogens is 424 g/mol. The number of nitrogens with zero attached hydrogens (tertiary/aromatic N) is 3. The van der Waals surface area contributed by atoms with Crippen LogP contribution in [0.15, 0.2) is 66.9 Å². The van der Waals surface area contributed by atoms with E-state index in [0.29, 0.717) is 31.2 Å². The Morgan fingerprint density at radius 1 is 1.24 bits per heavy atom. The first-order chi connectivity index (χ1) is 16.6. The molecule has 1 N–H and O–H groups in total. The molecule has 1 fully saturated rings. The number of nitrogens with one attached hydrogen (secondary N) is 1. The molecule has 34 heavy (non-hydrogen) atoms. The van der Waals surface area contributed by atoms with Gasteiger partial charge in [-0.05, 0) is 66.4 Å². The van der Waals surface area contributed by atoms with E-state index < -0.39 is 5.41 Å². The second-order valence-corrected chi connectivity index (χ2v) is 9.34. The molecule has 172 valence electrons. The number of hydrogen-bond acceptors (Lipinski definition) is 5. The highest BCUT2D eigenvalue weighted by Crippen LogP contribution is 2.33. The lowest BCUT2D eigenvalue weighted by Crippen LogP contribution is -2.33. The molecule has 2 aliphatic heterocycles. The van der Waals surface area contributed by atoms with Crippen LogP contribution in [0.1, 0.15) is 52.0 Å². The Bertz CT molecular complexity index is 1240. The topological polar surface area (TPSA) is 78.2 Å². The number of carbonyl (C=O) groups excluding carboxylic acids is 1. The van der Waals surface area contributed by atoms with Crippen molar-refractivity contribution in [1.82, 2.24) is 10.3 Å². The molecule has 0 aliphatic carbocycles. The summed E-state index contributed by atoms with van der Waals surface area (Å²) < 4.78 is 5.56. The van der Waals surface area contributed by atoms with E-state index in [1.54, 1.807) is 6.07 Å². The number of hydrogen-bond donors (Lipinski definition) is 1. The zero-order chi connectivity index (χ0) is 23.5. The Labute approximate surface area is 200 Å². The van der Waals surface area contributed by atoms with Gasteiger partial charge in [-0.1, -0.05) is 24.3 Å². The maximum Gasteiger partial charge on any atom is 0.251 e. The summed E-state index contributed by atoms with van der Waals surface area (Å²) in [5.74, 6) is 0.280. The largest absolute Gasteiger partial charge is 0.375 e. The van der Waals surface area contributed by atoms with Crippen LogP contribution in [0.3, 0.4) is 0 Å². The van der Waals surface area contributed by atoms with Gasteiger partial charge in [0, 0.05) is 36.5 Å². The lowest BCUT2D eigenvalue weighted by molar-refractivity contribution is 0.0757. The van der Waals surface area contributed by atoms with Crippen LogP contribution in [0.25, 0.3) is 0 Å². The molecule has 0 spiro atoms. The molecule has 6 heteroatoms. The minimum Gasteiger partial charge on any atom is -0.375 e. The van der Waals surface area contributed by atoms with E-state index >= 15 is 0 Å². The lowest BCUT2D eigenvalue weighted by Gasteiger charge is -2.30. The van der Waals surface area contributed by atoms with Gasteiger partial charge in [-0.25, -0.2) is 0 Å². The van der Waals surface area contributed by atoms with Gasteiger partial charge in [0.15, 0.2) is 0 Å². The van der Waals surface area contributed by atoms with E-state index in [9.17, 15) is 10.1 Å². The smallest absolute Gasteiger partial charge is 0.251 e. The normalized spacial score (nSPS) is 21.5. The highest BCUT2D eigenvalue weighted by Gasteiger charge is 2.33. The molecule has 1 amide bonds. The zero-order valence-corrected chi connectivity index (χ0v) is 19.3. The summed E-state index contributed by atoms with van der Waals surface area (Å²) in [5, 5.41) is 12.6. The van der Waals surface area contributed by atoms with Gasteiger partial charge in [-0.15, -0.1) is 0 Å². The van der Waals surface area contributed by atoms with Gasteiger partial charge in [-0.3, -0.25) is 9.78 Å². The molecule has 0 saturated carbocycles. The molecule has 5 rings (SSSR count).